The van der Waals surface area contributed by atoms with E-state index in [2.05, 4.69) is 42.6 Å². The lowest BCUT2D eigenvalue weighted by atomic mass is 9.76. The predicted octanol–water partition coefficient (Wildman–Crippen LogP) is 3.96. The van der Waals surface area contributed by atoms with Gasteiger partial charge in [-0.05, 0) is 68.0 Å². The molecule has 0 bridgehead atoms. The Morgan fingerprint density at radius 2 is 1.89 bits per heavy atom. The van der Waals surface area contributed by atoms with Crippen molar-refractivity contribution in [3.05, 3.63) is 35.9 Å². The van der Waals surface area contributed by atoms with Gasteiger partial charge in [-0.25, -0.2) is 0 Å². The summed E-state index contributed by atoms with van der Waals surface area (Å²) in [4.78, 5) is 0. The van der Waals surface area contributed by atoms with Crippen LogP contribution in [0.1, 0.15) is 50.5 Å². The van der Waals surface area contributed by atoms with E-state index < -0.39 is 0 Å². The summed E-state index contributed by atoms with van der Waals surface area (Å²) >= 11 is 0. The summed E-state index contributed by atoms with van der Waals surface area (Å²) < 4.78 is 0. The molecule has 0 aliphatic heterocycles. The molecule has 1 N–H and O–H groups in total. The van der Waals surface area contributed by atoms with Crippen LogP contribution in [0.3, 0.4) is 0 Å². The zero-order valence-corrected chi connectivity index (χ0v) is 11.5. The van der Waals surface area contributed by atoms with E-state index in [4.69, 9.17) is 0 Å². The van der Waals surface area contributed by atoms with Crippen LogP contribution in [0.4, 0.5) is 0 Å². The lowest BCUT2D eigenvalue weighted by Gasteiger charge is -2.30. The Kier molecular flexibility index (Phi) is 3.43. The second-order valence-electron chi connectivity index (χ2n) is 6.26. The predicted molar refractivity (Wildman–Crippen MR) is 76.7 cm³/mol. The molecule has 1 heteroatoms. The van der Waals surface area contributed by atoms with Gasteiger partial charge < -0.3 is 5.32 Å². The second kappa shape index (κ2) is 5.05. The molecule has 1 spiro atoms. The van der Waals surface area contributed by atoms with Gasteiger partial charge in [0.05, 0.1) is 0 Å². The first-order valence-corrected chi connectivity index (χ1v) is 7.60. The maximum Gasteiger partial charge on any atom is -0.00151 e. The van der Waals surface area contributed by atoms with Crippen LogP contribution in [0.5, 0.6) is 0 Å². The van der Waals surface area contributed by atoms with Gasteiger partial charge in [-0.2, -0.15) is 0 Å². The zero-order chi connectivity index (χ0) is 12.4. The van der Waals surface area contributed by atoms with Crippen LogP contribution in [-0.2, 0) is 0 Å². The van der Waals surface area contributed by atoms with E-state index in [-0.39, 0.29) is 0 Å². The first-order chi connectivity index (χ1) is 8.84. The number of nitrogens with one attached hydrogen (secondary N) is 1. The Morgan fingerprint density at radius 1 is 1.17 bits per heavy atom. The maximum atomic E-state index is 3.52. The Balaban J connectivity index is 1.54. The highest BCUT2D eigenvalue weighted by Crippen LogP contribution is 2.62. The molecule has 0 saturated heterocycles. The average molecular weight is 243 g/mol. The number of rotatable bonds is 4. The summed E-state index contributed by atoms with van der Waals surface area (Å²) in [7, 11) is 0. The van der Waals surface area contributed by atoms with E-state index in [1.54, 1.807) is 5.56 Å². The molecule has 2 aliphatic rings. The fraction of sp³-hybridized carbons (Fsp3) is 0.647. The van der Waals surface area contributed by atoms with Crippen molar-refractivity contribution < 1.29 is 0 Å². The van der Waals surface area contributed by atoms with E-state index in [1.165, 1.54) is 38.6 Å². The summed E-state index contributed by atoms with van der Waals surface area (Å²) in [6, 6.07) is 11.1. The summed E-state index contributed by atoms with van der Waals surface area (Å²) in [5.41, 5.74) is 2.31. The summed E-state index contributed by atoms with van der Waals surface area (Å²) in [6.45, 7) is 4.59. The van der Waals surface area contributed by atoms with Gasteiger partial charge in [0, 0.05) is 0 Å². The number of hydrogen-bond acceptors (Lipinski definition) is 1. The molecule has 1 atom stereocenters. The van der Waals surface area contributed by atoms with Crippen LogP contribution in [-0.4, -0.2) is 13.1 Å². The Morgan fingerprint density at radius 3 is 2.56 bits per heavy atom. The van der Waals surface area contributed by atoms with Gasteiger partial charge in [0.2, 0.25) is 0 Å². The van der Waals surface area contributed by atoms with Gasteiger partial charge in [0.15, 0.2) is 0 Å². The molecule has 0 aromatic heterocycles. The highest BCUT2D eigenvalue weighted by molar-refractivity contribution is 5.21. The molecule has 1 unspecified atom stereocenters. The van der Waals surface area contributed by atoms with Gasteiger partial charge in [-0.1, -0.05) is 37.3 Å². The van der Waals surface area contributed by atoms with Crippen LogP contribution in [0.25, 0.3) is 0 Å². The summed E-state index contributed by atoms with van der Waals surface area (Å²) in [5.74, 6) is 1.81. The van der Waals surface area contributed by atoms with Crippen molar-refractivity contribution in [2.75, 3.05) is 13.1 Å². The molecular formula is C17H25N. The lowest BCUT2D eigenvalue weighted by Crippen LogP contribution is -2.22. The molecule has 0 radical (unpaired) electrons. The maximum absolute atomic E-state index is 3.52. The third-order valence-corrected chi connectivity index (χ3v) is 5.25. The molecule has 1 aromatic rings. The van der Waals surface area contributed by atoms with E-state index in [9.17, 15) is 0 Å². The van der Waals surface area contributed by atoms with Gasteiger partial charge in [0.1, 0.15) is 0 Å². The second-order valence-corrected chi connectivity index (χ2v) is 6.26. The van der Waals surface area contributed by atoms with Crippen molar-refractivity contribution in [3.63, 3.8) is 0 Å². The minimum Gasteiger partial charge on any atom is -0.317 e. The standard InChI is InChI=1S/C17H25N/c1-2-18-13-16-12-17(16)10-8-15(9-11-17)14-6-4-3-5-7-14/h3-7,15-16,18H,2,8-13H2,1H3. The molecule has 2 fully saturated rings. The lowest BCUT2D eigenvalue weighted by molar-refractivity contribution is 0.279. The third kappa shape index (κ3) is 2.33. The minimum atomic E-state index is 0.744. The fourth-order valence-corrected chi connectivity index (χ4v) is 3.90. The number of benzene rings is 1. The first kappa shape index (κ1) is 12.2. The first-order valence-electron chi connectivity index (χ1n) is 7.60. The molecule has 1 aromatic carbocycles. The van der Waals surface area contributed by atoms with Crippen LogP contribution in [0.15, 0.2) is 30.3 Å². The Labute approximate surface area is 111 Å². The molecule has 3 rings (SSSR count). The highest BCUT2D eigenvalue weighted by atomic mass is 14.9. The van der Waals surface area contributed by atoms with Gasteiger partial charge in [0.25, 0.3) is 0 Å². The molecule has 98 valence electrons. The van der Waals surface area contributed by atoms with E-state index in [1.807, 2.05) is 0 Å². The topological polar surface area (TPSA) is 12.0 Å². The summed E-state index contributed by atoms with van der Waals surface area (Å²) in [5, 5.41) is 3.52. The van der Waals surface area contributed by atoms with Crippen molar-refractivity contribution in [1.29, 1.82) is 0 Å². The molecule has 2 aliphatic carbocycles. The SMILES string of the molecule is CCNCC1CC12CCC(c1ccccc1)CC2. The fourth-order valence-electron chi connectivity index (χ4n) is 3.90. The Bertz CT molecular complexity index is 376. The molecular weight excluding hydrogens is 218 g/mol. The van der Waals surface area contributed by atoms with Crippen molar-refractivity contribution >= 4 is 0 Å². The van der Waals surface area contributed by atoms with Gasteiger partial charge >= 0.3 is 0 Å². The highest BCUT2D eigenvalue weighted by Gasteiger charge is 2.54. The smallest absolute Gasteiger partial charge is 0.00151 e. The monoisotopic (exact) mass is 243 g/mol. The van der Waals surface area contributed by atoms with E-state index in [0.29, 0.717) is 0 Å². The van der Waals surface area contributed by atoms with Crippen molar-refractivity contribution in [1.82, 2.24) is 5.32 Å². The van der Waals surface area contributed by atoms with Crippen LogP contribution in [0, 0.1) is 11.3 Å². The van der Waals surface area contributed by atoms with Gasteiger partial charge in [-0.3, -0.25) is 0 Å². The normalized spacial score (nSPS) is 34.7. The van der Waals surface area contributed by atoms with Crippen LogP contribution >= 0.6 is 0 Å². The van der Waals surface area contributed by atoms with Crippen molar-refractivity contribution in [3.8, 4) is 0 Å². The molecule has 0 heterocycles. The molecule has 18 heavy (non-hydrogen) atoms. The summed E-state index contributed by atoms with van der Waals surface area (Å²) in [6.07, 6.45) is 7.23. The number of hydrogen-bond donors (Lipinski definition) is 1. The van der Waals surface area contributed by atoms with Crippen molar-refractivity contribution in [2.45, 2.75) is 44.9 Å². The van der Waals surface area contributed by atoms with E-state index in [0.717, 1.165) is 23.8 Å². The largest absolute Gasteiger partial charge is 0.317 e. The van der Waals surface area contributed by atoms with Gasteiger partial charge in [-0.15, -0.1) is 0 Å². The molecule has 2 saturated carbocycles. The third-order valence-electron chi connectivity index (χ3n) is 5.25. The average Bonchev–Trinajstić information content (AvgIpc) is 3.11. The quantitative estimate of drug-likeness (QED) is 0.844. The molecule has 1 nitrogen and oxygen atoms in total. The minimum absolute atomic E-state index is 0.744. The van der Waals surface area contributed by atoms with Crippen LogP contribution < -0.4 is 5.32 Å². The zero-order valence-electron chi connectivity index (χ0n) is 11.5. The molecule has 0 amide bonds. The van der Waals surface area contributed by atoms with Crippen molar-refractivity contribution in [2.24, 2.45) is 11.3 Å². The van der Waals surface area contributed by atoms with Crippen LogP contribution in [0.2, 0.25) is 0 Å². The van der Waals surface area contributed by atoms with E-state index >= 15 is 0 Å². The Hall–Kier alpha value is -0.820.